The molecular formula is C28H29F3N10O. The fourth-order valence-electron chi connectivity index (χ4n) is 4.84. The van der Waals surface area contributed by atoms with Gasteiger partial charge in [-0.15, -0.1) is 0 Å². The number of hydrogen-bond donors (Lipinski definition) is 3. The fourth-order valence-corrected chi connectivity index (χ4v) is 4.84. The summed E-state index contributed by atoms with van der Waals surface area (Å²) >= 11 is 0. The van der Waals surface area contributed by atoms with Crippen LogP contribution in [-0.4, -0.2) is 85.8 Å². The minimum atomic E-state index is -4.55. The fraction of sp³-hybridized carbons (Fsp3) is 0.321. The number of halogens is 3. The van der Waals surface area contributed by atoms with E-state index in [1.807, 2.05) is 23.6 Å². The van der Waals surface area contributed by atoms with Gasteiger partial charge in [-0.3, -0.25) is 4.79 Å². The molecule has 6 heterocycles. The summed E-state index contributed by atoms with van der Waals surface area (Å²) in [6.07, 6.45) is 3.68. The molecule has 1 unspecified atom stereocenters. The van der Waals surface area contributed by atoms with E-state index in [0.717, 1.165) is 61.0 Å². The summed E-state index contributed by atoms with van der Waals surface area (Å²) in [4.78, 5) is 34.0. The first-order chi connectivity index (χ1) is 20.2. The van der Waals surface area contributed by atoms with Crippen molar-refractivity contribution in [2.45, 2.75) is 25.7 Å². The van der Waals surface area contributed by atoms with Crippen LogP contribution in [0.5, 0.6) is 0 Å². The zero-order valence-corrected chi connectivity index (χ0v) is 23.0. The molecule has 3 N–H and O–H groups in total. The van der Waals surface area contributed by atoms with Crippen LogP contribution in [0, 0.1) is 0 Å². The first-order valence-corrected chi connectivity index (χ1v) is 13.5. The third-order valence-corrected chi connectivity index (χ3v) is 7.43. The third kappa shape index (κ3) is 5.57. The van der Waals surface area contributed by atoms with Crippen molar-refractivity contribution >= 4 is 34.2 Å². The van der Waals surface area contributed by atoms with Gasteiger partial charge in [0.05, 0.1) is 17.3 Å². The van der Waals surface area contributed by atoms with Crippen LogP contribution in [0.2, 0.25) is 0 Å². The van der Waals surface area contributed by atoms with Crippen molar-refractivity contribution in [2.24, 2.45) is 0 Å². The lowest BCUT2D eigenvalue weighted by atomic mass is 10.1. The summed E-state index contributed by atoms with van der Waals surface area (Å²) in [5, 5.41) is 10.1. The number of nitrogens with zero attached hydrogens (tertiary/aromatic N) is 7. The molecule has 42 heavy (non-hydrogen) atoms. The lowest BCUT2D eigenvalue weighted by Gasteiger charge is -2.33. The lowest BCUT2D eigenvalue weighted by molar-refractivity contribution is -0.149. The Morgan fingerprint density at radius 1 is 1.10 bits per heavy atom. The number of H-pyrrole nitrogens is 1. The molecule has 1 amide bonds. The van der Waals surface area contributed by atoms with Gasteiger partial charge in [-0.25, -0.2) is 14.5 Å². The third-order valence-electron chi connectivity index (χ3n) is 7.43. The zero-order chi connectivity index (χ0) is 29.4. The van der Waals surface area contributed by atoms with Crippen LogP contribution >= 0.6 is 0 Å². The molecule has 1 saturated heterocycles. The highest BCUT2D eigenvalue weighted by Crippen LogP contribution is 2.30. The molecule has 14 heteroatoms. The van der Waals surface area contributed by atoms with Crippen molar-refractivity contribution in [3.8, 4) is 11.1 Å². The van der Waals surface area contributed by atoms with E-state index in [1.165, 1.54) is 10.7 Å². The van der Waals surface area contributed by atoms with Crippen LogP contribution in [0.25, 0.3) is 27.7 Å². The molecule has 1 fully saturated rings. The van der Waals surface area contributed by atoms with Crippen molar-refractivity contribution < 1.29 is 18.0 Å². The molecule has 11 nitrogen and oxygen atoms in total. The van der Waals surface area contributed by atoms with Crippen molar-refractivity contribution in [2.75, 3.05) is 43.4 Å². The molecule has 5 aromatic heterocycles. The Hall–Kier alpha value is -4.72. The van der Waals surface area contributed by atoms with Crippen LogP contribution < -0.4 is 15.5 Å². The molecule has 1 atom stereocenters. The first-order valence-electron chi connectivity index (χ1n) is 13.5. The van der Waals surface area contributed by atoms with Gasteiger partial charge in [-0.1, -0.05) is 6.07 Å². The number of pyridine rings is 2. The molecule has 5 aromatic rings. The molecule has 0 aliphatic carbocycles. The summed E-state index contributed by atoms with van der Waals surface area (Å²) in [6.45, 7) is 5.36. The predicted molar refractivity (Wildman–Crippen MR) is 152 cm³/mol. The number of carbonyl (C=O) groups is 1. The molecule has 1 aliphatic rings. The smallest absolute Gasteiger partial charge is 0.354 e. The molecule has 0 bridgehead atoms. The lowest BCUT2D eigenvalue weighted by Crippen LogP contribution is -2.44. The highest BCUT2D eigenvalue weighted by molar-refractivity contribution is 6.02. The van der Waals surface area contributed by atoms with E-state index in [1.54, 1.807) is 30.7 Å². The predicted octanol–water partition coefficient (Wildman–Crippen LogP) is 3.71. The average Bonchev–Trinajstić information content (AvgIpc) is 3.60. The second-order valence-corrected chi connectivity index (χ2v) is 10.4. The van der Waals surface area contributed by atoms with E-state index in [9.17, 15) is 18.0 Å². The van der Waals surface area contributed by atoms with Crippen LogP contribution in [0.1, 0.15) is 22.8 Å². The Balaban J connectivity index is 1.16. The molecule has 0 spiro atoms. The van der Waals surface area contributed by atoms with Gasteiger partial charge in [0.25, 0.3) is 5.91 Å². The maximum atomic E-state index is 13.0. The van der Waals surface area contributed by atoms with E-state index < -0.39 is 18.1 Å². The van der Waals surface area contributed by atoms with Gasteiger partial charge in [0.1, 0.15) is 17.5 Å². The maximum absolute atomic E-state index is 13.0. The Bertz CT molecular complexity index is 1720. The zero-order valence-electron chi connectivity index (χ0n) is 23.0. The van der Waals surface area contributed by atoms with Crippen LogP contribution in [0.3, 0.4) is 0 Å². The van der Waals surface area contributed by atoms with E-state index >= 15 is 0 Å². The number of hydrogen-bond acceptors (Lipinski definition) is 8. The van der Waals surface area contributed by atoms with Crippen LogP contribution in [-0.2, 0) is 6.54 Å². The first kappa shape index (κ1) is 27.4. The topological polar surface area (TPSA) is 119 Å². The normalized spacial score (nSPS) is 15.3. The van der Waals surface area contributed by atoms with Gasteiger partial charge >= 0.3 is 6.18 Å². The quantitative estimate of drug-likeness (QED) is 0.268. The van der Waals surface area contributed by atoms with Gasteiger partial charge in [-0.05, 0) is 43.3 Å². The standard InChI is InChI=1S/C28H29F3N10O/c1-17(28(29,30)31)37-26(42)22-16-36-41-6-5-19(11-23(22)41)20-14-33-25-21(20)15-35-27(38-25)34-13-18-3-4-24(32-12-18)40-9-7-39(2)8-10-40/h3-6,11-12,14-17H,7-10,13H2,1-2H3,(H,37,42)(H2,33,34,35,38). The van der Waals surface area contributed by atoms with Crippen molar-refractivity contribution in [3.63, 3.8) is 0 Å². The molecule has 1 aliphatic heterocycles. The number of rotatable bonds is 7. The number of nitrogens with one attached hydrogen (secondary N) is 3. The second-order valence-electron chi connectivity index (χ2n) is 10.4. The highest BCUT2D eigenvalue weighted by atomic mass is 19.4. The van der Waals surface area contributed by atoms with Crippen molar-refractivity contribution in [1.82, 2.24) is 39.8 Å². The SMILES string of the molecule is CC(NC(=O)c1cnn2ccc(-c3c[nH]c4nc(NCc5ccc(N6CCN(C)CC6)nc5)ncc34)cc12)C(F)(F)F. The van der Waals surface area contributed by atoms with Crippen LogP contribution in [0.15, 0.2) is 55.2 Å². The summed E-state index contributed by atoms with van der Waals surface area (Å²) in [5.41, 5.74) is 3.53. The minimum Gasteiger partial charge on any atom is -0.354 e. The molecular weight excluding hydrogens is 549 g/mol. The van der Waals surface area contributed by atoms with Gasteiger partial charge in [0, 0.05) is 68.5 Å². The van der Waals surface area contributed by atoms with E-state index in [2.05, 4.69) is 47.2 Å². The number of amides is 1. The Kier molecular flexibility index (Phi) is 7.14. The number of anilines is 2. The molecule has 0 radical (unpaired) electrons. The number of aromatic nitrogens is 6. The monoisotopic (exact) mass is 578 g/mol. The van der Waals surface area contributed by atoms with Gasteiger partial charge in [-0.2, -0.15) is 23.3 Å². The molecule has 0 saturated carbocycles. The summed E-state index contributed by atoms with van der Waals surface area (Å²) in [6, 6.07) is 5.59. The number of piperazine rings is 1. The average molecular weight is 579 g/mol. The number of alkyl halides is 3. The maximum Gasteiger partial charge on any atom is 0.408 e. The van der Waals surface area contributed by atoms with Crippen LogP contribution in [0.4, 0.5) is 24.9 Å². The summed E-state index contributed by atoms with van der Waals surface area (Å²) in [7, 11) is 2.12. The Labute approximate surface area is 238 Å². The second kappa shape index (κ2) is 10.9. The van der Waals surface area contributed by atoms with Gasteiger partial charge in [0.15, 0.2) is 0 Å². The summed E-state index contributed by atoms with van der Waals surface area (Å²) in [5.74, 6) is 0.568. The molecule has 6 rings (SSSR count). The number of carbonyl (C=O) groups excluding carboxylic acids is 1. The van der Waals surface area contributed by atoms with Gasteiger partial charge in [0.2, 0.25) is 5.95 Å². The number of aromatic amines is 1. The number of fused-ring (bicyclic) bond motifs is 2. The Morgan fingerprint density at radius 3 is 2.64 bits per heavy atom. The van der Waals surface area contributed by atoms with E-state index in [4.69, 9.17) is 0 Å². The van der Waals surface area contributed by atoms with Gasteiger partial charge < -0.3 is 25.4 Å². The Morgan fingerprint density at radius 2 is 1.90 bits per heavy atom. The van der Waals surface area contributed by atoms with E-state index in [-0.39, 0.29) is 5.56 Å². The van der Waals surface area contributed by atoms with Crippen molar-refractivity contribution in [3.05, 3.63) is 66.4 Å². The molecule has 218 valence electrons. The largest absolute Gasteiger partial charge is 0.408 e. The summed E-state index contributed by atoms with van der Waals surface area (Å²) < 4.78 is 40.3. The van der Waals surface area contributed by atoms with E-state index in [0.29, 0.717) is 23.7 Å². The number of likely N-dealkylation sites (N-methyl/N-ethyl adjacent to an activating group) is 1. The van der Waals surface area contributed by atoms with Crippen molar-refractivity contribution in [1.29, 1.82) is 0 Å². The molecule has 0 aromatic carbocycles. The minimum absolute atomic E-state index is 0.0431. The highest BCUT2D eigenvalue weighted by Gasteiger charge is 2.37.